The van der Waals surface area contributed by atoms with Crippen molar-refractivity contribution >= 4 is 6.08 Å². The number of phenols is 1. The van der Waals surface area contributed by atoms with Crippen LogP contribution in [0.4, 0.5) is 0 Å². The van der Waals surface area contributed by atoms with E-state index in [0.717, 1.165) is 0 Å². The van der Waals surface area contributed by atoms with Gasteiger partial charge in [0.2, 0.25) is 11.5 Å². The summed E-state index contributed by atoms with van der Waals surface area (Å²) < 4.78 is 50.5. The van der Waals surface area contributed by atoms with E-state index in [0.29, 0.717) is 5.56 Å². The average molecular weight is 761 g/mol. The minimum atomic E-state index is -1.82. The summed E-state index contributed by atoms with van der Waals surface area (Å²) in [7, 11) is 5.28. The minimum absolute atomic E-state index is 0.0103. The van der Waals surface area contributed by atoms with Crippen molar-refractivity contribution in [3.05, 3.63) is 41.5 Å². The summed E-state index contributed by atoms with van der Waals surface area (Å²) in [6, 6.07) is 5.81. The molecule has 19 heteroatoms. The molecule has 2 aliphatic rings. The standard InChI is InChI=1S/C34H48O19/c1-45-17-10-16(11-18(46-2)24(17)38)31(53-34-30(44)28(42)26(40)22(13-36)52-34)23(14-37)50-32-19(47-3)8-15(9-20(32)48-4)6-5-7-49-33-29(43)27(41)25(39)21(12-35)51-33/h5-6,8-11,21-23,25-31,33-44H,7,12-14H2,1-4H3/b6-5+/t21-,22-,23-,25-,26-,27+,28+,29-,30-,31+,33-,34+/m1/s1. The maximum absolute atomic E-state index is 10.8. The van der Waals surface area contributed by atoms with Crippen LogP contribution in [-0.4, -0.2) is 173 Å². The zero-order chi connectivity index (χ0) is 39.0. The van der Waals surface area contributed by atoms with Crippen molar-refractivity contribution in [2.45, 2.75) is 73.6 Å². The molecule has 10 N–H and O–H groups in total. The summed E-state index contributed by atoms with van der Waals surface area (Å²) >= 11 is 0. The molecule has 0 aliphatic carbocycles. The van der Waals surface area contributed by atoms with Gasteiger partial charge in [0.15, 0.2) is 41.7 Å². The molecule has 298 valence electrons. The van der Waals surface area contributed by atoms with E-state index in [-0.39, 0.29) is 46.7 Å². The van der Waals surface area contributed by atoms with E-state index in [1.807, 2.05) is 0 Å². The molecule has 0 radical (unpaired) electrons. The number of hydrogen-bond acceptors (Lipinski definition) is 19. The van der Waals surface area contributed by atoms with Crippen LogP contribution in [0.3, 0.4) is 0 Å². The second-order valence-corrected chi connectivity index (χ2v) is 12.1. The van der Waals surface area contributed by atoms with Crippen LogP contribution in [0.1, 0.15) is 17.2 Å². The summed E-state index contributed by atoms with van der Waals surface area (Å²) in [6.07, 6.45) is -15.1. The number of aliphatic hydroxyl groups excluding tert-OH is 9. The van der Waals surface area contributed by atoms with Gasteiger partial charge in [-0.2, -0.15) is 0 Å². The van der Waals surface area contributed by atoms with E-state index >= 15 is 0 Å². The smallest absolute Gasteiger partial charge is 0.204 e. The molecular formula is C34H48O19. The quantitative estimate of drug-likeness (QED) is 0.0801. The van der Waals surface area contributed by atoms with Gasteiger partial charge < -0.3 is 93.7 Å². The normalized spacial score (nSPS) is 30.1. The van der Waals surface area contributed by atoms with E-state index in [9.17, 15) is 51.1 Å². The zero-order valence-electron chi connectivity index (χ0n) is 29.4. The average Bonchev–Trinajstić information content (AvgIpc) is 3.17. The second-order valence-electron chi connectivity index (χ2n) is 12.1. The molecule has 0 aromatic heterocycles. The molecule has 19 nitrogen and oxygen atoms in total. The van der Waals surface area contributed by atoms with Crippen LogP contribution in [0.2, 0.25) is 0 Å². The third kappa shape index (κ3) is 9.41. The lowest BCUT2D eigenvalue weighted by molar-refractivity contribution is -0.318. The highest BCUT2D eigenvalue weighted by Gasteiger charge is 2.47. The van der Waals surface area contributed by atoms with E-state index < -0.39 is 93.4 Å². The molecule has 2 heterocycles. The van der Waals surface area contributed by atoms with Crippen molar-refractivity contribution in [2.24, 2.45) is 0 Å². The SMILES string of the molecule is COc1cc([C@H](O[C@@H]2O[C@H](CO)[C@@H](O)[C@H](O)[C@H]2O)[C@@H](CO)Oc2c(OC)cc(/C=C/CO[C@@H]3O[C@H](CO)[C@@H](O)[C@H](O)[C@H]3O)cc2OC)cc(OC)c1O. The van der Waals surface area contributed by atoms with Crippen LogP contribution in [0.15, 0.2) is 30.3 Å². The van der Waals surface area contributed by atoms with E-state index in [1.165, 1.54) is 40.6 Å². The van der Waals surface area contributed by atoms with E-state index in [1.54, 1.807) is 24.3 Å². The van der Waals surface area contributed by atoms with Gasteiger partial charge in [-0.15, -0.1) is 0 Å². The topological polar surface area (TPSA) is 285 Å². The van der Waals surface area contributed by atoms with Crippen LogP contribution in [0.5, 0.6) is 34.5 Å². The number of aliphatic hydroxyl groups is 9. The first kappa shape index (κ1) is 42.2. The largest absolute Gasteiger partial charge is 0.502 e. The monoisotopic (exact) mass is 760 g/mol. The third-order valence-electron chi connectivity index (χ3n) is 8.75. The second kappa shape index (κ2) is 19.2. The number of benzene rings is 2. The summed E-state index contributed by atoms with van der Waals surface area (Å²) in [5.41, 5.74) is 0.676. The predicted molar refractivity (Wildman–Crippen MR) is 179 cm³/mol. The van der Waals surface area contributed by atoms with Gasteiger partial charge in [0.05, 0.1) is 54.9 Å². The predicted octanol–water partition coefficient (Wildman–Crippen LogP) is -2.45. The molecule has 0 spiro atoms. The van der Waals surface area contributed by atoms with E-state index in [4.69, 9.17) is 42.6 Å². The van der Waals surface area contributed by atoms with Gasteiger partial charge in [-0.3, -0.25) is 0 Å². The Hall–Kier alpha value is -3.54. The molecule has 2 fully saturated rings. The number of methoxy groups -OCH3 is 4. The third-order valence-corrected chi connectivity index (χ3v) is 8.75. The number of ether oxygens (including phenoxy) is 9. The molecule has 0 unspecified atom stereocenters. The maximum Gasteiger partial charge on any atom is 0.204 e. The van der Waals surface area contributed by atoms with Crippen molar-refractivity contribution in [1.82, 2.24) is 0 Å². The Morgan fingerprint density at radius 2 is 1.15 bits per heavy atom. The molecule has 0 saturated carbocycles. The Morgan fingerprint density at radius 1 is 0.660 bits per heavy atom. The Bertz CT molecular complexity index is 1440. The van der Waals surface area contributed by atoms with Gasteiger partial charge in [0, 0.05) is 0 Å². The molecule has 0 bridgehead atoms. The van der Waals surface area contributed by atoms with Gasteiger partial charge in [-0.1, -0.05) is 12.2 Å². The molecular weight excluding hydrogens is 712 g/mol. The number of phenolic OH excluding ortho intramolecular Hbond substituents is 1. The van der Waals surface area contributed by atoms with Gasteiger partial charge in [-0.25, -0.2) is 0 Å². The van der Waals surface area contributed by atoms with Gasteiger partial charge in [0.1, 0.15) is 54.9 Å². The molecule has 53 heavy (non-hydrogen) atoms. The number of rotatable bonds is 17. The van der Waals surface area contributed by atoms with Crippen LogP contribution >= 0.6 is 0 Å². The summed E-state index contributed by atoms with van der Waals surface area (Å²) in [5, 5.41) is 102. The first-order chi connectivity index (χ1) is 25.4. The van der Waals surface area contributed by atoms with Crippen molar-refractivity contribution in [3.63, 3.8) is 0 Å². The highest BCUT2D eigenvalue weighted by Crippen LogP contribution is 2.44. The van der Waals surface area contributed by atoms with Crippen molar-refractivity contribution in [1.29, 1.82) is 0 Å². The number of aromatic hydroxyl groups is 1. The van der Waals surface area contributed by atoms with Crippen molar-refractivity contribution in [2.75, 3.05) is 54.9 Å². The van der Waals surface area contributed by atoms with Crippen LogP contribution in [-0.2, 0) is 18.9 Å². The minimum Gasteiger partial charge on any atom is -0.502 e. The van der Waals surface area contributed by atoms with Crippen LogP contribution in [0.25, 0.3) is 6.08 Å². The van der Waals surface area contributed by atoms with E-state index in [2.05, 4.69) is 0 Å². The maximum atomic E-state index is 10.8. The number of hydrogen-bond donors (Lipinski definition) is 10. The van der Waals surface area contributed by atoms with Crippen LogP contribution < -0.4 is 23.7 Å². The van der Waals surface area contributed by atoms with Crippen molar-refractivity contribution < 1.29 is 93.7 Å². The lowest BCUT2D eigenvalue weighted by Crippen LogP contribution is -2.59. The molecule has 2 aliphatic heterocycles. The van der Waals surface area contributed by atoms with Crippen LogP contribution in [0, 0.1) is 0 Å². The fraction of sp³-hybridized carbons (Fsp3) is 0.588. The van der Waals surface area contributed by atoms with Gasteiger partial charge >= 0.3 is 0 Å². The molecule has 0 amide bonds. The highest BCUT2D eigenvalue weighted by atomic mass is 16.7. The van der Waals surface area contributed by atoms with Crippen molar-refractivity contribution in [3.8, 4) is 34.5 Å². The zero-order valence-corrected chi connectivity index (χ0v) is 29.4. The first-order valence-electron chi connectivity index (χ1n) is 16.4. The summed E-state index contributed by atoms with van der Waals surface area (Å²) in [5.74, 6) is -0.240. The fourth-order valence-corrected chi connectivity index (χ4v) is 5.78. The highest BCUT2D eigenvalue weighted by molar-refractivity contribution is 5.62. The molecule has 2 aromatic rings. The Labute approximate surface area is 304 Å². The molecule has 2 saturated heterocycles. The lowest BCUT2D eigenvalue weighted by Gasteiger charge is -2.41. The molecule has 4 rings (SSSR count). The Morgan fingerprint density at radius 3 is 1.62 bits per heavy atom. The summed E-state index contributed by atoms with van der Waals surface area (Å²) in [4.78, 5) is 0. The molecule has 12 atom stereocenters. The molecule has 2 aromatic carbocycles. The Balaban J connectivity index is 1.64. The Kier molecular flexibility index (Phi) is 15.3. The van der Waals surface area contributed by atoms with Gasteiger partial charge in [0.25, 0.3) is 0 Å². The fourth-order valence-electron chi connectivity index (χ4n) is 5.78. The lowest BCUT2D eigenvalue weighted by atomic mass is 9.98. The first-order valence-corrected chi connectivity index (χ1v) is 16.4. The summed E-state index contributed by atoms with van der Waals surface area (Å²) in [6.45, 7) is -2.22. The van der Waals surface area contributed by atoms with Gasteiger partial charge in [-0.05, 0) is 35.4 Å².